The summed E-state index contributed by atoms with van der Waals surface area (Å²) in [5.74, 6) is 0.403. The molecule has 0 aliphatic carbocycles. The fourth-order valence-electron chi connectivity index (χ4n) is 2.58. The summed E-state index contributed by atoms with van der Waals surface area (Å²) in [4.78, 5) is 2.25. The van der Waals surface area contributed by atoms with Gasteiger partial charge in [-0.05, 0) is 38.1 Å². The Morgan fingerprint density at radius 2 is 2.26 bits per heavy atom. The van der Waals surface area contributed by atoms with Gasteiger partial charge >= 0.3 is 0 Å². The van der Waals surface area contributed by atoms with E-state index in [1.807, 2.05) is 6.07 Å². The molecular formula is C14H20ClNO3. The molecule has 1 N–H and O–H groups in total. The van der Waals surface area contributed by atoms with Crippen LogP contribution in [0.25, 0.3) is 0 Å². The van der Waals surface area contributed by atoms with E-state index in [1.54, 1.807) is 6.07 Å². The highest BCUT2D eigenvalue weighted by Crippen LogP contribution is 2.35. The number of halogens is 1. The number of benzene rings is 1. The Morgan fingerprint density at radius 3 is 2.84 bits per heavy atom. The summed E-state index contributed by atoms with van der Waals surface area (Å²) in [6.45, 7) is 3.66. The lowest BCUT2D eigenvalue weighted by Crippen LogP contribution is -2.36. The molecule has 0 amide bonds. The molecule has 0 spiro atoms. The summed E-state index contributed by atoms with van der Waals surface area (Å²) in [6.07, 6.45) is 1.29. The lowest BCUT2D eigenvalue weighted by Gasteiger charge is -2.26. The highest BCUT2D eigenvalue weighted by atomic mass is 35.5. The van der Waals surface area contributed by atoms with Gasteiger partial charge in [-0.1, -0.05) is 11.6 Å². The van der Waals surface area contributed by atoms with Crippen molar-refractivity contribution < 1.29 is 14.6 Å². The second-order valence-corrected chi connectivity index (χ2v) is 5.38. The van der Waals surface area contributed by atoms with E-state index in [9.17, 15) is 5.11 Å². The standard InChI is InChI=1S/C14H20ClNO3/c1-9-12(4-5-19-9)16(2)8-10-6-11(15)14(17)13(7-10)18-3/h6-7,9,12,17H,4-5,8H2,1-3H3. The van der Waals surface area contributed by atoms with Gasteiger partial charge in [0.05, 0.1) is 18.2 Å². The van der Waals surface area contributed by atoms with Crippen molar-refractivity contribution >= 4 is 11.6 Å². The van der Waals surface area contributed by atoms with Crippen LogP contribution in [0.2, 0.25) is 5.02 Å². The average molecular weight is 286 g/mol. The molecule has 1 fully saturated rings. The van der Waals surface area contributed by atoms with Crippen molar-refractivity contribution in [3.63, 3.8) is 0 Å². The Hall–Kier alpha value is -0.970. The molecule has 106 valence electrons. The zero-order valence-corrected chi connectivity index (χ0v) is 12.3. The van der Waals surface area contributed by atoms with Crippen molar-refractivity contribution in [3.8, 4) is 11.5 Å². The molecule has 1 heterocycles. The van der Waals surface area contributed by atoms with Gasteiger partial charge in [0.25, 0.3) is 0 Å². The minimum absolute atomic E-state index is 0.00635. The number of aromatic hydroxyl groups is 1. The van der Waals surface area contributed by atoms with Gasteiger partial charge in [-0.3, -0.25) is 4.90 Å². The number of hydrogen-bond acceptors (Lipinski definition) is 4. The SMILES string of the molecule is COc1cc(CN(C)C2CCOC2C)cc(Cl)c1O. The highest BCUT2D eigenvalue weighted by Gasteiger charge is 2.27. The third kappa shape index (κ3) is 3.14. The predicted octanol–water partition coefficient (Wildman–Crippen LogP) is 2.66. The Labute approximate surface area is 118 Å². The van der Waals surface area contributed by atoms with E-state index in [2.05, 4.69) is 18.9 Å². The highest BCUT2D eigenvalue weighted by molar-refractivity contribution is 6.32. The molecule has 1 saturated heterocycles. The molecule has 0 bridgehead atoms. The van der Waals surface area contributed by atoms with Crippen molar-refractivity contribution in [2.45, 2.75) is 32.0 Å². The largest absolute Gasteiger partial charge is 0.503 e. The van der Waals surface area contributed by atoms with E-state index in [0.717, 1.165) is 25.1 Å². The number of ether oxygens (including phenoxy) is 2. The number of phenolic OH excluding ortho intramolecular Hbond substituents is 1. The van der Waals surface area contributed by atoms with Crippen molar-refractivity contribution in [1.82, 2.24) is 4.90 Å². The second kappa shape index (κ2) is 5.99. The zero-order chi connectivity index (χ0) is 14.0. The lowest BCUT2D eigenvalue weighted by molar-refractivity contribution is 0.0814. The summed E-state index contributed by atoms with van der Waals surface area (Å²) < 4.78 is 10.7. The van der Waals surface area contributed by atoms with Crippen LogP contribution in [0.5, 0.6) is 11.5 Å². The molecule has 19 heavy (non-hydrogen) atoms. The number of hydrogen-bond donors (Lipinski definition) is 1. The van der Waals surface area contributed by atoms with Crippen molar-refractivity contribution in [2.75, 3.05) is 20.8 Å². The molecule has 0 radical (unpaired) electrons. The maximum Gasteiger partial charge on any atom is 0.176 e. The first-order chi connectivity index (χ1) is 9.02. The summed E-state index contributed by atoms with van der Waals surface area (Å²) >= 11 is 6.00. The quantitative estimate of drug-likeness (QED) is 0.923. The van der Waals surface area contributed by atoms with E-state index in [-0.39, 0.29) is 11.9 Å². The summed E-state index contributed by atoms with van der Waals surface area (Å²) in [5, 5.41) is 10.0. The minimum Gasteiger partial charge on any atom is -0.503 e. The second-order valence-electron chi connectivity index (χ2n) is 4.98. The fourth-order valence-corrected chi connectivity index (χ4v) is 2.81. The maximum absolute atomic E-state index is 9.72. The van der Waals surface area contributed by atoms with E-state index in [0.29, 0.717) is 16.8 Å². The molecule has 2 rings (SSSR count). The predicted molar refractivity (Wildman–Crippen MR) is 75.0 cm³/mol. The first-order valence-electron chi connectivity index (χ1n) is 6.40. The fraction of sp³-hybridized carbons (Fsp3) is 0.571. The Bertz CT molecular complexity index is 453. The van der Waals surface area contributed by atoms with Crippen LogP contribution in [0.1, 0.15) is 18.9 Å². The van der Waals surface area contributed by atoms with Crippen LogP contribution in [-0.2, 0) is 11.3 Å². The Morgan fingerprint density at radius 1 is 1.53 bits per heavy atom. The van der Waals surface area contributed by atoms with Gasteiger partial charge in [0.1, 0.15) is 0 Å². The van der Waals surface area contributed by atoms with Crippen LogP contribution in [0.15, 0.2) is 12.1 Å². The maximum atomic E-state index is 9.72. The van der Waals surface area contributed by atoms with Crippen molar-refractivity contribution in [3.05, 3.63) is 22.7 Å². The topological polar surface area (TPSA) is 41.9 Å². The molecule has 1 aromatic carbocycles. The van der Waals surface area contributed by atoms with Crippen LogP contribution in [0.3, 0.4) is 0 Å². The molecule has 1 aromatic rings. The van der Waals surface area contributed by atoms with Crippen LogP contribution in [0, 0.1) is 0 Å². The molecule has 0 aromatic heterocycles. The van der Waals surface area contributed by atoms with Crippen molar-refractivity contribution in [2.24, 2.45) is 0 Å². The molecule has 5 heteroatoms. The molecule has 1 aliphatic rings. The third-order valence-corrected chi connectivity index (χ3v) is 3.93. The van der Waals surface area contributed by atoms with E-state index >= 15 is 0 Å². The monoisotopic (exact) mass is 285 g/mol. The van der Waals surface area contributed by atoms with Crippen LogP contribution in [0.4, 0.5) is 0 Å². The van der Waals surface area contributed by atoms with E-state index in [1.165, 1.54) is 7.11 Å². The van der Waals surface area contributed by atoms with E-state index in [4.69, 9.17) is 21.1 Å². The summed E-state index contributed by atoms with van der Waals surface area (Å²) in [6, 6.07) is 4.01. The first kappa shape index (κ1) is 14.4. The number of nitrogens with zero attached hydrogens (tertiary/aromatic N) is 1. The minimum atomic E-state index is -0.00635. The van der Waals surface area contributed by atoms with Crippen molar-refractivity contribution in [1.29, 1.82) is 0 Å². The van der Waals surface area contributed by atoms with Gasteiger partial charge < -0.3 is 14.6 Å². The molecule has 4 nitrogen and oxygen atoms in total. The smallest absolute Gasteiger partial charge is 0.176 e. The third-order valence-electron chi connectivity index (χ3n) is 3.64. The average Bonchev–Trinajstić information content (AvgIpc) is 2.79. The number of phenols is 1. The number of likely N-dealkylation sites (N-methyl/N-ethyl adjacent to an activating group) is 1. The van der Waals surface area contributed by atoms with Gasteiger partial charge in [0, 0.05) is 19.2 Å². The zero-order valence-electron chi connectivity index (χ0n) is 11.5. The van der Waals surface area contributed by atoms with Crippen LogP contribution < -0.4 is 4.74 Å². The molecule has 2 unspecified atom stereocenters. The van der Waals surface area contributed by atoms with Crippen LogP contribution in [-0.4, -0.2) is 42.9 Å². The normalized spacial score (nSPS) is 23.0. The number of methoxy groups -OCH3 is 1. The Balaban J connectivity index is 2.12. The molecular weight excluding hydrogens is 266 g/mol. The van der Waals surface area contributed by atoms with Gasteiger partial charge in [-0.2, -0.15) is 0 Å². The van der Waals surface area contributed by atoms with Gasteiger partial charge in [0.15, 0.2) is 11.5 Å². The van der Waals surface area contributed by atoms with E-state index < -0.39 is 0 Å². The molecule has 0 saturated carbocycles. The van der Waals surface area contributed by atoms with Gasteiger partial charge in [-0.25, -0.2) is 0 Å². The van der Waals surface area contributed by atoms with Crippen LogP contribution >= 0.6 is 11.6 Å². The molecule has 1 aliphatic heterocycles. The Kier molecular flexibility index (Phi) is 4.55. The molecule has 2 atom stereocenters. The number of rotatable bonds is 4. The summed E-state index contributed by atoms with van der Waals surface area (Å²) in [5.41, 5.74) is 1.02. The summed E-state index contributed by atoms with van der Waals surface area (Å²) in [7, 11) is 3.59. The van der Waals surface area contributed by atoms with Gasteiger partial charge in [0.2, 0.25) is 0 Å². The van der Waals surface area contributed by atoms with Gasteiger partial charge in [-0.15, -0.1) is 0 Å². The first-order valence-corrected chi connectivity index (χ1v) is 6.78. The lowest BCUT2D eigenvalue weighted by atomic mass is 10.1.